The summed E-state index contributed by atoms with van der Waals surface area (Å²) in [6.07, 6.45) is 0. The summed E-state index contributed by atoms with van der Waals surface area (Å²) >= 11 is 0. The Morgan fingerprint density at radius 1 is 1.33 bits per heavy atom. The summed E-state index contributed by atoms with van der Waals surface area (Å²) in [5.41, 5.74) is 0. The first kappa shape index (κ1) is 11.3. The van der Waals surface area contributed by atoms with Gasteiger partial charge in [0.15, 0.2) is 0 Å². The lowest BCUT2D eigenvalue weighted by molar-refractivity contribution is -0.0161. The Kier molecular flexibility index (Phi) is 3.97. The Hall–Kier alpha value is -0.160. The van der Waals surface area contributed by atoms with Crippen LogP contribution < -0.4 is 5.32 Å². The van der Waals surface area contributed by atoms with Crippen molar-refractivity contribution in [2.75, 3.05) is 53.0 Å². The molecule has 3 rings (SSSR count). The number of hydrogen-bond donors (Lipinski definition) is 1. The highest BCUT2D eigenvalue weighted by Gasteiger charge is 2.36. The SMILES string of the molecule is CCNC(COC)C1CN2CCN1CC2. The lowest BCUT2D eigenvalue weighted by atomic mass is 10.0. The van der Waals surface area contributed by atoms with E-state index in [1.807, 2.05) is 0 Å². The number of ether oxygens (including phenoxy) is 1. The van der Waals surface area contributed by atoms with E-state index < -0.39 is 0 Å². The predicted molar refractivity (Wildman–Crippen MR) is 61.1 cm³/mol. The molecule has 15 heavy (non-hydrogen) atoms. The Morgan fingerprint density at radius 3 is 2.53 bits per heavy atom. The van der Waals surface area contributed by atoms with Crippen molar-refractivity contribution in [3.8, 4) is 0 Å². The minimum atomic E-state index is 0.489. The Morgan fingerprint density at radius 2 is 2.07 bits per heavy atom. The fourth-order valence-electron chi connectivity index (χ4n) is 2.79. The van der Waals surface area contributed by atoms with Gasteiger partial charge in [0.25, 0.3) is 0 Å². The van der Waals surface area contributed by atoms with Crippen LogP contribution in [0.3, 0.4) is 0 Å². The summed E-state index contributed by atoms with van der Waals surface area (Å²) in [6.45, 7) is 10.2. The molecule has 0 amide bonds. The third-order valence-corrected chi connectivity index (χ3v) is 3.60. The second-order valence-corrected chi connectivity index (χ2v) is 4.52. The number of fused-ring (bicyclic) bond motifs is 3. The molecular weight excluding hydrogens is 190 g/mol. The quantitative estimate of drug-likeness (QED) is 0.673. The van der Waals surface area contributed by atoms with Crippen LogP contribution in [-0.4, -0.2) is 74.9 Å². The van der Waals surface area contributed by atoms with Gasteiger partial charge in [-0.3, -0.25) is 9.80 Å². The number of likely N-dealkylation sites (N-methyl/N-ethyl adjacent to an activating group) is 1. The molecule has 3 aliphatic heterocycles. The second kappa shape index (κ2) is 5.25. The fraction of sp³-hybridized carbons (Fsp3) is 1.00. The predicted octanol–water partition coefficient (Wildman–Crippen LogP) is -0.389. The average Bonchev–Trinajstić information content (AvgIpc) is 2.30. The molecule has 3 saturated heterocycles. The van der Waals surface area contributed by atoms with Gasteiger partial charge in [-0.25, -0.2) is 0 Å². The molecule has 3 aliphatic rings. The third kappa shape index (κ3) is 2.50. The van der Waals surface area contributed by atoms with Crippen LogP contribution in [0.25, 0.3) is 0 Å². The zero-order valence-electron chi connectivity index (χ0n) is 9.91. The van der Waals surface area contributed by atoms with Crippen LogP contribution in [-0.2, 0) is 4.74 Å². The molecule has 88 valence electrons. The van der Waals surface area contributed by atoms with E-state index in [2.05, 4.69) is 22.0 Å². The van der Waals surface area contributed by atoms with Crippen molar-refractivity contribution < 1.29 is 4.74 Å². The first-order valence-corrected chi connectivity index (χ1v) is 6.04. The van der Waals surface area contributed by atoms with Crippen LogP contribution in [0.2, 0.25) is 0 Å². The normalized spacial score (nSPS) is 36.8. The maximum Gasteiger partial charge on any atom is 0.0631 e. The Balaban J connectivity index is 1.94. The van der Waals surface area contributed by atoms with Gasteiger partial charge < -0.3 is 10.1 Å². The summed E-state index contributed by atoms with van der Waals surface area (Å²) in [4.78, 5) is 5.19. The van der Waals surface area contributed by atoms with Crippen LogP contribution in [0.15, 0.2) is 0 Å². The van der Waals surface area contributed by atoms with Crippen LogP contribution in [0.4, 0.5) is 0 Å². The van der Waals surface area contributed by atoms with Crippen molar-refractivity contribution in [3.63, 3.8) is 0 Å². The standard InChI is InChI=1S/C11H23N3O/c1-3-12-10(9-15-2)11-8-13-4-6-14(11)7-5-13/h10-12H,3-9H2,1-2H3. The highest BCUT2D eigenvalue weighted by atomic mass is 16.5. The molecule has 0 aromatic heterocycles. The largest absolute Gasteiger partial charge is 0.383 e. The van der Waals surface area contributed by atoms with Crippen molar-refractivity contribution in [1.29, 1.82) is 0 Å². The van der Waals surface area contributed by atoms with E-state index in [9.17, 15) is 0 Å². The smallest absolute Gasteiger partial charge is 0.0631 e. The van der Waals surface area contributed by atoms with Gasteiger partial charge in [0.1, 0.15) is 0 Å². The van der Waals surface area contributed by atoms with Crippen molar-refractivity contribution in [2.45, 2.75) is 19.0 Å². The first-order valence-electron chi connectivity index (χ1n) is 6.04. The number of nitrogens with one attached hydrogen (secondary N) is 1. The Bertz CT molecular complexity index is 186. The molecule has 4 heteroatoms. The van der Waals surface area contributed by atoms with E-state index >= 15 is 0 Å². The van der Waals surface area contributed by atoms with E-state index in [0.29, 0.717) is 12.1 Å². The van der Waals surface area contributed by atoms with E-state index in [-0.39, 0.29) is 0 Å². The van der Waals surface area contributed by atoms with Gasteiger partial charge in [-0.1, -0.05) is 6.92 Å². The van der Waals surface area contributed by atoms with E-state index in [0.717, 1.165) is 13.2 Å². The van der Waals surface area contributed by atoms with Gasteiger partial charge in [-0.15, -0.1) is 0 Å². The molecule has 4 nitrogen and oxygen atoms in total. The molecule has 0 aromatic carbocycles. The minimum Gasteiger partial charge on any atom is -0.383 e. The third-order valence-electron chi connectivity index (χ3n) is 3.60. The number of rotatable bonds is 5. The lowest BCUT2D eigenvalue weighted by Gasteiger charge is -2.50. The molecule has 1 N–H and O–H groups in total. The lowest BCUT2D eigenvalue weighted by Crippen LogP contribution is -2.67. The summed E-state index contributed by atoms with van der Waals surface area (Å²) in [7, 11) is 1.79. The topological polar surface area (TPSA) is 27.7 Å². The fourth-order valence-corrected chi connectivity index (χ4v) is 2.79. The zero-order chi connectivity index (χ0) is 10.7. The highest BCUT2D eigenvalue weighted by Crippen LogP contribution is 2.18. The monoisotopic (exact) mass is 213 g/mol. The van der Waals surface area contributed by atoms with Crippen LogP contribution >= 0.6 is 0 Å². The zero-order valence-corrected chi connectivity index (χ0v) is 9.91. The maximum absolute atomic E-state index is 5.31. The molecule has 2 unspecified atom stereocenters. The second-order valence-electron chi connectivity index (χ2n) is 4.52. The summed E-state index contributed by atoms with van der Waals surface area (Å²) in [6, 6.07) is 1.13. The number of nitrogens with zero attached hydrogens (tertiary/aromatic N) is 2. The average molecular weight is 213 g/mol. The van der Waals surface area contributed by atoms with Crippen LogP contribution in [0.1, 0.15) is 6.92 Å². The Labute approximate surface area is 92.6 Å². The molecule has 0 spiro atoms. The molecule has 3 fully saturated rings. The van der Waals surface area contributed by atoms with Gasteiger partial charge >= 0.3 is 0 Å². The van der Waals surface area contributed by atoms with E-state index in [1.165, 1.54) is 32.7 Å². The highest BCUT2D eigenvalue weighted by molar-refractivity contribution is 4.94. The van der Waals surface area contributed by atoms with E-state index in [4.69, 9.17) is 4.74 Å². The van der Waals surface area contributed by atoms with Crippen molar-refractivity contribution in [3.05, 3.63) is 0 Å². The molecule has 0 saturated carbocycles. The van der Waals surface area contributed by atoms with Gasteiger partial charge in [0.05, 0.1) is 6.61 Å². The first-order chi connectivity index (χ1) is 7.35. The minimum absolute atomic E-state index is 0.489. The van der Waals surface area contributed by atoms with Crippen LogP contribution in [0.5, 0.6) is 0 Å². The number of piperazine rings is 3. The summed E-state index contributed by atoms with van der Waals surface area (Å²) in [5.74, 6) is 0. The summed E-state index contributed by atoms with van der Waals surface area (Å²) < 4.78 is 5.31. The van der Waals surface area contributed by atoms with Gasteiger partial charge in [0.2, 0.25) is 0 Å². The van der Waals surface area contributed by atoms with Crippen molar-refractivity contribution >= 4 is 0 Å². The van der Waals surface area contributed by atoms with E-state index in [1.54, 1.807) is 7.11 Å². The molecule has 2 atom stereocenters. The van der Waals surface area contributed by atoms with Gasteiger partial charge in [-0.05, 0) is 6.54 Å². The van der Waals surface area contributed by atoms with Crippen molar-refractivity contribution in [1.82, 2.24) is 15.1 Å². The molecule has 0 aromatic rings. The maximum atomic E-state index is 5.31. The molecule has 0 aliphatic carbocycles. The molecule has 2 bridgehead atoms. The molecular formula is C11H23N3O. The summed E-state index contributed by atoms with van der Waals surface area (Å²) in [5, 5.41) is 3.54. The number of methoxy groups -OCH3 is 1. The van der Waals surface area contributed by atoms with Crippen LogP contribution in [0, 0.1) is 0 Å². The molecule has 3 heterocycles. The number of hydrogen-bond acceptors (Lipinski definition) is 4. The van der Waals surface area contributed by atoms with Gasteiger partial charge in [0, 0.05) is 51.9 Å². The molecule has 0 radical (unpaired) electrons. The van der Waals surface area contributed by atoms with Gasteiger partial charge in [-0.2, -0.15) is 0 Å². The van der Waals surface area contributed by atoms with Crippen molar-refractivity contribution in [2.24, 2.45) is 0 Å².